The van der Waals surface area contributed by atoms with Crippen molar-refractivity contribution in [3.8, 4) is 5.75 Å². The predicted octanol–water partition coefficient (Wildman–Crippen LogP) is 4.18. The molecule has 0 saturated carbocycles. The summed E-state index contributed by atoms with van der Waals surface area (Å²) in [5, 5.41) is 6.26. The molecule has 32 heavy (non-hydrogen) atoms. The average Bonchev–Trinajstić information content (AvgIpc) is 3.28. The van der Waals surface area contributed by atoms with Crippen molar-refractivity contribution in [1.82, 2.24) is 5.32 Å². The Morgan fingerprint density at radius 1 is 1.06 bits per heavy atom. The highest BCUT2D eigenvalue weighted by molar-refractivity contribution is 6.04. The summed E-state index contributed by atoms with van der Waals surface area (Å²) in [6.45, 7) is 3.86. The van der Waals surface area contributed by atoms with Gasteiger partial charge in [-0.25, -0.2) is 0 Å². The Morgan fingerprint density at radius 3 is 2.53 bits per heavy atom. The van der Waals surface area contributed by atoms with Crippen LogP contribution < -0.4 is 20.3 Å². The largest absolute Gasteiger partial charge is 0.486 e. The van der Waals surface area contributed by atoms with E-state index in [-0.39, 0.29) is 17.8 Å². The van der Waals surface area contributed by atoms with Crippen LogP contribution in [0.1, 0.15) is 43.0 Å². The van der Waals surface area contributed by atoms with Gasteiger partial charge in [0.15, 0.2) is 0 Å². The first-order valence-corrected chi connectivity index (χ1v) is 11.4. The fraction of sp³-hybridized carbons (Fsp3) is 0.385. The zero-order valence-electron chi connectivity index (χ0n) is 18.5. The molecule has 0 bridgehead atoms. The number of hydrogen-bond acceptors (Lipinski definition) is 5. The summed E-state index contributed by atoms with van der Waals surface area (Å²) in [6.07, 6.45) is 8.71. The summed E-state index contributed by atoms with van der Waals surface area (Å²) in [7, 11) is 0. The molecule has 2 N–H and O–H groups in total. The molecule has 4 rings (SSSR count). The van der Waals surface area contributed by atoms with Gasteiger partial charge in [0.05, 0.1) is 6.54 Å². The van der Waals surface area contributed by atoms with Crippen molar-refractivity contribution < 1.29 is 14.3 Å². The summed E-state index contributed by atoms with van der Waals surface area (Å²) >= 11 is 0. The van der Waals surface area contributed by atoms with E-state index < -0.39 is 0 Å². The number of Topliss-reactive ketones (excluding diaryl/α,β-unsaturated/α-hetero) is 1. The van der Waals surface area contributed by atoms with Crippen molar-refractivity contribution in [1.29, 1.82) is 0 Å². The number of carbonyl (C=O) groups excluding carboxylic acids is 2. The topological polar surface area (TPSA) is 70.7 Å². The van der Waals surface area contributed by atoms with Gasteiger partial charge in [-0.15, -0.1) is 0 Å². The van der Waals surface area contributed by atoms with E-state index >= 15 is 0 Å². The summed E-state index contributed by atoms with van der Waals surface area (Å²) in [4.78, 5) is 26.1. The molecule has 1 amide bonds. The van der Waals surface area contributed by atoms with Crippen LogP contribution in [0, 0.1) is 0 Å². The maximum absolute atomic E-state index is 12.6. The molecule has 0 radical (unpaired) electrons. The Hall–Kier alpha value is -3.12. The fourth-order valence-corrected chi connectivity index (χ4v) is 4.15. The number of carbonyl (C=O) groups is 2. The number of nitrogens with one attached hydrogen (secondary N) is 2. The first-order valence-electron chi connectivity index (χ1n) is 11.4. The third kappa shape index (κ3) is 5.98. The van der Waals surface area contributed by atoms with Gasteiger partial charge >= 0.3 is 0 Å². The molecule has 1 heterocycles. The molecule has 1 fully saturated rings. The molecular formula is C26H31N3O3. The van der Waals surface area contributed by atoms with Crippen LogP contribution in [0.15, 0.2) is 60.7 Å². The number of nitrogens with zero attached hydrogens (tertiary/aromatic N) is 1. The molecule has 2 aliphatic rings. The molecule has 1 saturated heterocycles. The van der Waals surface area contributed by atoms with Gasteiger partial charge in [-0.05, 0) is 87.2 Å². The lowest BCUT2D eigenvalue weighted by molar-refractivity contribution is -0.116. The minimum Gasteiger partial charge on any atom is -0.486 e. The highest BCUT2D eigenvalue weighted by Gasteiger charge is 2.22. The van der Waals surface area contributed by atoms with Gasteiger partial charge < -0.3 is 20.3 Å². The molecule has 168 valence electrons. The van der Waals surface area contributed by atoms with Crippen LogP contribution in [0.25, 0.3) is 0 Å². The average molecular weight is 434 g/mol. The van der Waals surface area contributed by atoms with Crippen molar-refractivity contribution in [2.75, 3.05) is 29.9 Å². The summed E-state index contributed by atoms with van der Waals surface area (Å²) < 4.78 is 5.96. The third-order valence-corrected chi connectivity index (χ3v) is 5.93. The molecule has 2 aromatic carbocycles. The van der Waals surface area contributed by atoms with Crippen LogP contribution >= 0.6 is 0 Å². The monoisotopic (exact) mass is 433 g/mol. The van der Waals surface area contributed by atoms with E-state index in [1.165, 1.54) is 0 Å². The maximum atomic E-state index is 12.6. The molecule has 6 nitrogen and oxygen atoms in total. The fourth-order valence-electron chi connectivity index (χ4n) is 4.15. The number of ketones is 1. The first kappa shape index (κ1) is 22.1. The molecule has 0 spiro atoms. The normalized spacial score (nSPS) is 20.2. The number of benzene rings is 2. The lowest BCUT2D eigenvalue weighted by atomic mass is 10.1. The predicted molar refractivity (Wildman–Crippen MR) is 128 cm³/mol. The lowest BCUT2D eigenvalue weighted by Gasteiger charge is -2.19. The highest BCUT2D eigenvalue weighted by Crippen LogP contribution is 2.23. The Labute approximate surface area is 189 Å². The van der Waals surface area contributed by atoms with Gasteiger partial charge in [0.2, 0.25) is 0 Å². The molecule has 2 atom stereocenters. The highest BCUT2D eigenvalue weighted by atomic mass is 16.5. The molecule has 6 heteroatoms. The van der Waals surface area contributed by atoms with Crippen LogP contribution in [-0.4, -0.2) is 43.5 Å². The van der Waals surface area contributed by atoms with Crippen molar-refractivity contribution in [2.45, 2.75) is 44.8 Å². The van der Waals surface area contributed by atoms with Crippen molar-refractivity contribution in [3.05, 3.63) is 66.2 Å². The van der Waals surface area contributed by atoms with Crippen molar-refractivity contribution >= 4 is 23.1 Å². The van der Waals surface area contributed by atoms with E-state index in [1.807, 2.05) is 36.4 Å². The Kier molecular flexibility index (Phi) is 7.22. The zero-order chi connectivity index (χ0) is 22.3. The smallest absolute Gasteiger partial charge is 0.255 e. The van der Waals surface area contributed by atoms with Gasteiger partial charge in [-0.1, -0.05) is 6.08 Å². The second kappa shape index (κ2) is 10.5. The SMILES string of the molecule is CC(=O)CNC1CCN(c2ccc(NC(=O)c3ccc(OC4C=CCCC4)cc3)cc2)C1. The number of allylic oxidation sites excluding steroid dienone is 1. The number of ether oxygens (including phenoxy) is 1. The number of amides is 1. The summed E-state index contributed by atoms with van der Waals surface area (Å²) in [5.41, 5.74) is 2.48. The number of hydrogen-bond donors (Lipinski definition) is 2. The minimum absolute atomic E-state index is 0.123. The standard InChI is InChI=1S/C26H31N3O3/c1-19(30)17-27-22-15-16-29(18-22)23-11-9-21(10-12-23)28-26(31)20-7-13-25(14-8-20)32-24-5-3-2-4-6-24/h3,5,7-14,22,24,27H,2,4,6,15-18H2,1H3,(H,28,31). The Morgan fingerprint density at radius 2 is 1.84 bits per heavy atom. The lowest BCUT2D eigenvalue weighted by Crippen LogP contribution is -2.35. The van der Waals surface area contributed by atoms with Crippen molar-refractivity contribution in [3.63, 3.8) is 0 Å². The number of anilines is 2. The van der Waals surface area contributed by atoms with E-state index in [0.717, 1.165) is 55.9 Å². The molecule has 2 unspecified atom stereocenters. The second-order valence-corrected chi connectivity index (χ2v) is 8.56. The molecule has 1 aliphatic heterocycles. The van der Waals surface area contributed by atoms with Crippen LogP contribution in [0.5, 0.6) is 5.75 Å². The van der Waals surface area contributed by atoms with Gasteiger partial charge in [0.1, 0.15) is 17.6 Å². The third-order valence-electron chi connectivity index (χ3n) is 5.93. The Bertz CT molecular complexity index is 953. The van der Waals surface area contributed by atoms with E-state index in [1.54, 1.807) is 19.1 Å². The molecule has 2 aromatic rings. The summed E-state index contributed by atoms with van der Waals surface area (Å²) in [5.74, 6) is 0.799. The molecule has 1 aliphatic carbocycles. The van der Waals surface area contributed by atoms with E-state index in [4.69, 9.17) is 4.74 Å². The van der Waals surface area contributed by atoms with E-state index in [9.17, 15) is 9.59 Å². The van der Waals surface area contributed by atoms with Crippen LogP contribution in [0.4, 0.5) is 11.4 Å². The van der Waals surface area contributed by atoms with Gasteiger partial charge in [0.25, 0.3) is 5.91 Å². The van der Waals surface area contributed by atoms with Crippen LogP contribution in [0.2, 0.25) is 0 Å². The van der Waals surface area contributed by atoms with Crippen molar-refractivity contribution in [2.24, 2.45) is 0 Å². The second-order valence-electron chi connectivity index (χ2n) is 8.56. The van der Waals surface area contributed by atoms with Gasteiger partial charge in [-0.3, -0.25) is 9.59 Å². The first-order chi connectivity index (χ1) is 15.6. The zero-order valence-corrected chi connectivity index (χ0v) is 18.5. The van der Waals surface area contributed by atoms with Crippen LogP contribution in [0.3, 0.4) is 0 Å². The maximum Gasteiger partial charge on any atom is 0.255 e. The van der Waals surface area contributed by atoms with Gasteiger partial charge in [-0.2, -0.15) is 0 Å². The van der Waals surface area contributed by atoms with E-state index in [0.29, 0.717) is 18.2 Å². The van der Waals surface area contributed by atoms with E-state index in [2.05, 4.69) is 27.7 Å². The number of rotatable bonds is 8. The molecule has 0 aromatic heterocycles. The van der Waals surface area contributed by atoms with Crippen LogP contribution in [-0.2, 0) is 4.79 Å². The minimum atomic E-state index is -0.142. The van der Waals surface area contributed by atoms with Gasteiger partial charge in [0, 0.05) is 36.1 Å². The molecular weight excluding hydrogens is 402 g/mol. The quantitative estimate of drug-likeness (QED) is 0.611. The Balaban J connectivity index is 1.28. The summed E-state index contributed by atoms with van der Waals surface area (Å²) in [6, 6.07) is 15.5.